The Bertz CT molecular complexity index is 1430. The lowest BCUT2D eigenvalue weighted by Crippen LogP contribution is -2.08. The molecule has 4 aromatic rings. The first-order valence-corrected chi connectivity index (χ1v) is 13.0. The molecule has 0 saturated heterocycles. The molecule has 5 rings (SSSR count). The molecule has 1 aliphatic rings. The van der Waals surface area contributed by atoms with Crippen molar-refractivity contribution in [2.75, 3.05) is 5.75 Å². The van der Waals surface area contributed by atoms with Crippen LogP contribution in [0.5, 0.6) is 0 Å². The van der Waals surface area contributed by atoms with Gasteiger partial charge in [-0.3, -0.25) is 0 Å². The van der Waals surface area contributed by atoms with Gasteiger partial charge in [-0.25, -0.2) is 13.4 Å². The summed E-state index contributed by atoms with van der Waals surface area (Å²) < 4.78 is 24.9. The van der Waals surface area contributed by atoms with E-state index in [4.69, 9.17) is 34.8 Å². The van der Waals surface area contributed by atoms with Crippen molar-refractivity contribution in [3.05, 3.63) is 81.1 Å². The molecular formula is C24H19Cl3N2O2S. The van der Waals surface area contributed by atoms with Crippen LogP contribution in [0, 0.1) is 5.92 Å². The minimum absolute atomic E-state index is 0.239. The van der Waals surface area contributed by atoms with E-state index >= 15 is 0 Å². The van der Waals surface area contributed by atoms with Crippen LogP contribution in [-0.2, 0) is 16.3 Å². The molecule has 1 N–H and O–H groups in total. The third kappa shape index (κ3) is 4.27. The third-order valence-corrected chi connectivity index (χ3v) is 8.56. The number of aromatic nitrogens is 2. The lowest BCUT2D eigenvalue weighted by atomic mass is 10.0. The molecule has 0 aliphatic heterocycles. The molecule has 1 aliphatic carbocycles. The van der Waals surface area contributed by atoms with Crippen molar-refractivity contribution in [1.29, 1.82) is 0 Å². The molecule has 1 aromatic heterocycles. The van der Waals surface area contributed by atoms with E-state index < -0.39 is 9.84 Å². The molecule has 1 saturated carbocycles. The summed E-state index contributed by atoms with van der Waals surface area (Å²) in [6, 6.07) is 16.2. The summed E-state index contributed by atoms with van der Waals surface area (Å²) in [5.74, 6) is 1.27. The van der Waals surface area contributed by atoms with E-state index in [0.29, 0.717) is 49.2 Å². The van der Waals surface area contributed by atoms with E-state index in [-0.39, 0.29) is 5.75 Å². The monoisotopic (exact) mass is 504 g/mol. The van der Waals surface area contributed by atoms with Crippen molar-refractivity contribution in [1.82, 2.24) is 9.97 Å². The van der Waals surface area contributed by atoms with Gasteiger partial charge in [0.1, 0.15) is 11.3 Å². The summed E-state index contributed by atoms with van der Waals surface area (Å²) in [5.41, 5.74) is 3.69. The molecule has 0 unspecified atom stereocenters. The Hall–Kier alpha value is -2.05. The molecule has 4 nitrogen and oxygen atoms in total. The van der Waals surface area contributed by atoms with E-state index in [1.54, 1.807) is 24.3 Å². The van der Waals surface area contributed by atoms with E-state index in [9.17, 15) is 8.42 Å². The number of benzene rings is 3. The SMILES string of the molecule is O=S(=O)(CC1CC1)c1ccc(Cc2nc3c(Cl)c(-c4ccccc4Cl)c(Cl)cc3[nH]2)cc1. The van der Waals surface area contributed by atoms with Crippen molar-refractivity contribution < 1.29 is 8.42 Å². The van der Waals surface area contributed by atoms with Gasteiger partial charge in [-0.1, -0.05) is 65.1 Å². The summed E-state index contributed by atoms with van der Waals surface area (Å²) >= 11 is 19.6. The number of halogens is 3. The quantitative estimate of drug-likeness (QED) is 0.308. The lowest BCUT2D eigenvalue weighted by Gasteiger charge is -2.09. The highest BCUT2D eigenvalue weighted by molar-refractivity contribution is 7.91. The maximum atomic E-state index is 12.5. The highest BCUT2D eigenvalue weighted by atomic mass is 35.5. The molecule has 0 atom stereocenters. The normalized spacial score (nSPS) is 14.2. The van der Waals surface area contributed by atoms with Crippen LogP contribution in [0.4, 0.5) is 0 Å². The van der Waals surface area contributed by atoms with Crippen LogP contribution in [0.25, 0.3) is 22.2 Å². The average molecular weight is 506 g/mol. The smallest absolute Gasteiger partial charge is 0.178 e. The van der Waals surface area contributed by atoms with Gasteiger partial charge in [-0.15, -0.1) is 0 Å². The molecule has 1 heterocycles. The number of nitrogens with one attached hydrogen (secondary N) is 1. The molecule has 1 fully saturated rings. The molecule has 8 heteroatoms. The van der Waals surface area contributed by atoms with Crippen LogP contribution in [0.2, 0.25) is 15.1 Å². The summed E-state index contributed by atoms with van der Waals surface area (Å²) in [5, 5.41) is 1.48. The fourth-order valence-electron chi connectivity index (χ4n) is 3.83. The zero-order chi connectivity index (χ0) is 22.5. The molecule has 164 valence electrons. The minimum Gasteiger partial charge on any atom is -0.342 e. The number of sulfone groups is 1. The van der Waals surface area contributed by atoms with Gasteiger partial charge < -0.3 is 4.98 Å². The van der Waals surface area contributed by atoms with Crippen molar-refractivity contribution in [2.45, 2.75) is 24.2 Å². The fraction of sp³-hybridized carbons (Fsp3) is 0.208. The molecule has 32 heavy (non-hydrogen) atoms. The second-order valence-electron chi connectivity index (χ2n) is 8.15. The van der Waals surface area contributed by atoms with Gasteiger partial charge in [0, 0.05) is 22.6 Å². The second kappa shape index (κ2) is 8.38. The summed E-state index contributed by atoms with van der Waals surface area (Å²) in [6.07, 6.45) is 2.52. The van der Waals surface area contributed by atoms with Crippen LogP contribution in [-0.4, -0.2) is 24.1 Å². The Morgan fingerprint density at radius 2 is 1.69 bits per heavy atom. The molecular weight excluding hydrogens is 487 g/mol. The highest BCUT2D eigenvalue weighted by Gasteiger charge is 2.29. The van der Waals surface area contributed by atoms with Crippen LogP contribution >= 0.6 is 34.8 Å². The highest BCUT2D eigenvalue weighted by Crippen LogP contribution is 2.42. The topological polar surface area (TPSA) is 62.8 Å². The fourth-order valence-corrected chi connectivity index (χ4v) is 6.45. The number of rotatable bonds is 6. The Morgan fingerprint density at radius 1 is 0.969 bits per heavy atom. The van der Waals surface area contributed by atoms with Crippen molar-refractivity contribution in [2.24, 2.45) is 5.92 Å². The first kappa shape index (κ1) is 21.8. The van der Waals surface area contributed by atoms with E-state index in [1.165, 1.54) is 0 Å². The van der Waals surface area contributed by atoms with Crippen molar-refractivity contribution in [3.63, 3.8) is 0 Å². The van der Waals surface area contributed by atoms with Crippen molar-refractivity contribution in [3.8, 4) is 11.1 Å². The summed E-state index contributed by atoms with van der Waals surface area (Å²) in [4.78, 5) is 8.32. The third-order valence-electron chi connectivity index (χ3n) is 5.67. The Kier molecular flexibility index (Phi) is 5.70. The number of hydrogen-bond acceptors (Lipinski definition) is 3. The lowest BCUT2D eigenvalue weighted by molar-refractivity contribution is 0.592. The van der Waals surface area contributed by atoms with Crippen molar-refractivity contribution >= 4 is 55.7 Å². The van der Waals surface area contributed by atoms with Crippen LogP contribution in [0.3, 0.4) is 0 Å². The van der Waals surface area contributed by atoms with E-state index in [2.05, 4.69) is 9.97 Å². The first-order chi connectivity index (χ1) is 15.3. The Morgan fingerprint density at radius 3 is 2.38 bits per heavy atom. The predicted octanol–water partition coefficient (Wildman–Crippen LogP) is 6.96. The van der Waals surface area contributed by atoms with Gasteiger partial charge in [-0.05, 0) is 48.6 Å². The minimum atomic E-state index is -3.22. The van der Waals surface area contributed by atoms with Crippen LogP contribution in [0.1, 0.15) is 24.2 Å². The second-order valence-corrected chi connectivity index (χ2v) is 11.4. The molecule has 0 radical (unpaired) electrons. The number of H-pyrrole nitrogens is 1. The zero-order valence-corrected chi connectivity index (χ0v) is 20.0. The standard InChI is InChI=1S/C24H19Cl3N2O2S/c25-18-4-2-1-3-17(18)22-19(26)12-20-24(23(22)27)29-21(28-20)11-14-7-9-16(10-8-14)32(30,31)13-15-5-6-15/h1-4,7-10,12,15H,5-6,11,13H2,(H,28,29). The number of imidazole rings is 1. The Labute approximate surface area is 201 Å². The van der Waals surface area contributed by atoms with Gasteiger partial charge in [0.15, 0.2) is 9.84 Å². The van der Waals surface area contributed by atoms with Gasteiger partial charge in [0.2, 0.25) is 0 Å². The largest absolute Gasteiger partial charge is 0.342 e. The molecule has 0 bridgehead atoms. The average Bonchev–Trinajstić information content (AvgIpc) is 3.46. The van der Waals surface area contributed by atoms with Gasteiger partial charge in [-0.2, -0.15) is 0 Å². The molecule has 3 aromatic carbocycles. The van der Waals surface area contributed by atoms with Gasteiger partial charge in [0.25, 0.3) is 0 Å². The maximum absolute atomic E-state index is 12.5. The zero-order valence-electron chi connectivity index (χ0n) is 16.9. The number of hydrogen-bond donors (Lipinski definition) is 1. The Balaban J connectivity index is 1.44. The van der Waals surface area contributed by atoms with E-state index in [1.807, 2.05) is 30.3 Å². The molecule has 0 spiro atoms. The van der Waals surface area contributed by atoms with Gasteiger partial charge in [0.05, 0.1) is 26.2 Å². The summed E-state index contributed by atoms with van der Waals surface area (Å²) in [6.45, 7) is 0. The maximum Gasteiger partial charge on any atom is 0.178 e. The van der Waals surface area contributed by atoms with E-state index in [0.717, 1.165) is 29.5 Å². The molecule has 0 amide bonds. The number of fused-ring (bicyclic) bond motifs is 1. The summed E-state index contributed by atoms with van der Waals surface area (Å²) in [7, 11) is -3.22. The van der Waals surface area contributed by atoms with Gasteiger partial charge >= 0.3 is 0 Å². The van der Waals surface area contributed by atoms with Crippen LogP contribution < -0.4 is 0 Å². The number of aromatic amines is 1. The van der Waals surface area contributed by atoms with Crippen LogP contribution in [0.15, 0.2) is 59.5 Å². The predicted molar refractivity (Wildman–Crippen MR) is 131 cm³/mol. The first-order valence-electron chi connectivity index (χ1n) is 10.2. The number of nitrogens with zero attached hydrogens (tertiary/aromatic N) is 1.